The molecule has 2 amide bonds. The molecule has 198 valence electrons. The third-order valence-corrected chi connectivity index (χ3v) is 7.38. The van der Waals surface area contributed by atoms with Gasteiger partial charge in [0, 0.05) is 22.8 Å². The molecular weight excluding hydrogens is 527 g/mol. The smallest absolute Gasteiger partial charge is 0.326 e. The molecule has 39 heavy (non-hydrogen) atoms. The molecule has 4 aromatic rings. The number of hydrogen-bond donors (Lipinski definition) is 0. The van der Waals surface area contributed by atoms with Crippen molar-refractivity contribution in [2.24, 2.45) is 0 Å². The van der Waals surface area contributed by atoms with Crippen LogP contribution in [0, 0.1) is 0 Å². The van der Waals surface area contributed by atoms with Crippen LogP contribution in [-0.4, -0.2) is 33.9 Å². The lowest BCUT2D eigenvalue weighted by molar-refractivity contribution is -0.137. The van der Waals surface area contributed by atoms with Gasteiger partial charge in [0.25, 0.3) is 5.91 Å². The first-order valence-corrected chi connectivity index (χ1v) is 12.9. The summed E-state index contributed by atoms with van der Waals surface area (Å²) < 4.78 is 42.0. The van der Waals surface area contributed by atoms with Crippen LogP contribution < -0.4 is 4.90 Å². The van der Waals surface area contributed by atoms with Crippen molar-refractivity contribution in [2.75, 3.05) is 11.4 Å². The van der Waals surface area contributed by atoms with Gasteiger partial charge in [-0.1, -0.05) is 41.9 Å². The summed E-state index contributed by atoms with van der Waals surface area (Å²) in [6.07, 6.45) is -1.27. The zero-order valence-electron chi connectivity index (χ0n) is 20.6. The van der Waals surface area contributed by atoms with Gasteiger partial charge < -0.3 is 9.47 Å². The number of nitrogens with zero attached hydrogens (tertiary/aromatic N) is 3. The van der Waals surface area contributed by atoms with Gasteiger partial charge in [-0.15, -0.1) is 0 Å². The van der Waals surface area contributed by atoms with Crippen LogP contribution in [0.15, 0.2) is 91.1 Å². The molecule has 5 nitrogen and oxygen atoms in total. The Hall–Kier alpha value is -4.04. The second-order valence-corrected chi connectivity index (χ2v) is 10.2. The molecule has 1 fully saturated rings. The van der Waals surface area contributed by atoms with E-state index in [4.69, 9.17) is 11.6 Å². The summed E-state index contributed by atoms with van der Waals surface area (Å²) in [5.41, 5.74) is 2.13. The van der Waals surface area contributed by atoms with E-state index in [1.807, 2.05) is 65.4 Å². The van der Waals surface area contributed by atoms with E-state index in [1.54, 1.807) is 11.0 Å². The van der Waals surface area contributed by atoms with E-state index in [-0.39, 0.29) is 24.1 Å². The van der Waals surface area contributed by atoms with Crippen molar-refractivity contribution in [1.29, 1.82) is 0 Å². The van der Waals surface area contributed by atoms with E-state index in [0.29, 0.717) is 23.6 Å². The molecule has 0 N–H and O–H groups in total. The molecule has 2 aliphatic rings. The highest BCUT2D eigenvalue weighted by molar-refractivity contribution is 6.30. The monoisotopic (exact) mass is 549 g/mol. The average Bonchev–Trinajstić information content (AvgIpc) is 3.65. The highest BCUT2D eigenvalue weighted by Gasteiger charge is 2.40. The first-order chi connectivity index (χ1) is 18.7. The maximum Gasteiger partial charge on any atom is 0.416 e. The van der Waals surface area contributed by atoms with Crippen LogP contribution in [0.4, 0.5) is 18.9 Å². The summed E-state index contributed by atoms with van der Waals surface area (Å²) in [7, 11) is 0. The fraction of sp³-hybridized carbons (Fsp3) is 0.200. The van der Waals surface area contributed by atoms with Gasteiger partial charge in [0.1, 0.15) is 12.6 Å². The molecule has 1 atom stereocenters. The molecule has 1 aliphatic carbocycles. The number of fused-ring (bicyclic) bond motifs is 3. The summed E-state index contributed by atoms with van der Waals surface area (Å²) in [6, 6.07) is 22.3. The predicted molar refractivity (Wildman–Crippen MR) is 142 cm³/mol. The van der Waals surface area contributed by atoms with Gasteiger partial charge in [-0.3, -0.25) is 14.5 Å². The maximum absolute atomic E-state index is 14.2. The van der Waals surface area contributed by atoms with Crippen LogP contribution in [0.2, 0.25) is 5.02 Å². The third-order valence-electron chi connectivity index (χ3n) is 7.14. The summed E-state index contributed by atoms with van der Waals surface area (Å²) in [4.78, 5) is 30.7. The van der Waals surface area contributed by atoms with Gasteiger partial charge in [0.15, 0.2) is 0 Å². The molecule has 1 unspecified atom stereocenters. The van der Waals surface area contributed by atoms with Crippen molar-refractivity contribution in [3.8, 4) is 5.69 Å². The first kappa shape index (κ1) is 25.2. The van der Waals surface area contributed by atoms with Crippen LogP contribution in [0.25, 0.3) is 5.69 Å². The fourth-order valence-corrected chi connectivity index (χ4v) is 5.42. The largest absolute Gasteiger partial charge is 0.416 e. The SMILES string of the molecule is O=C(c1cccc(C(F)(F)F)c1)N(CC(=O)N1c2ccccc2-n2cccc2C1c1cccc(Cl)c1)C1CC1. The Bertz CT molecular complexity index is 1580. The maximum atomic E-state index is 14.2. The molecule has 0 radical (unpaired) electrons. The Labute approximate surface area is 228 Å². The number of amides is 2. The molecule has 1 aromatic heterocycles. The average molecular weight is 550 g/mol. The van der Waals surface area contributed by atoms with Crippen molar-refractivity contribution >= 4 is 29.1 Å². The number of rotatable bonds is 5. The Morgan fingerprint density at radius 1 is 0.897 bits per heavy atom. The summed E-state index contributed by atoms with van der Waals surface area (Å²) in [6.45, 7) is -0.272. The van der Waals surface area contributed by atoms with E-state index < -0.39 is 23.7 Å². The molecule has 2 heterocycles. The molecule has 0 saturated heterocycles. The summed E-state index contributed by atoms with van der Waals surface area (Å²) in [5.74, 6) is -0.933. The normalized spacial score (nSPS) is 16.4. The van der Waals surface area contributed by atoms with Crippen LogP contribution in [0.3, 0.4) is 0 Å². The Morgan fingerprint density at radius 2 is 1.64 bits per heavy atom. The first-order valence-electron chi connectivity index (χ1n) is 12.5. The lowest BCUT2D eigenvalue weighted by Crippen LogP contribution is -2.47. The number of carbonyl (C=O) groups is 2. The van der Waals surface area contributed by atoms with Gasteiger partial charge in [-0.25, -0.2) is 0 Å². The highest BCUT2D eigenvalue weighted by atomic mass is 35.5. The van der Waals surface area contributed by atoms with Crippen molar-refractivity contribution in [2.45, 2.75) is 31.1 Å². The number of hydrogen-bond acceptors (Lipinski definition) is 2. The van der Waals surface area contributed by atoms with E-state index in [1.165, 1.54) is 17.0 Å². The zero-order chi connectivity index (χ0) is 27.3. The second kappa shape index (κ2) is 9.61. The van der Waals surface area contributed by atoms with E-state index >= 15 is 0 Å². The Balaban J connectivity index is 1.39. The van der Waals surface area contributed by atoms with Gasteiger partial charge >= 0.3 is 6.18 Å². The number of halogens is 4. The minimum Gasteiger partial charge on any atom is -0.326 e. The quantitative estimate of drug-likeness (QED) is 0.272. The highest BCUT2D eigenvalue weighted by Crippen LogP contribution is 2.43. The van der Waals surface area contributed by atoms with Gasteiger partial charge in [0.05, 0.1) is 22.6 Å². The van der Waals surface area contributed by atoms with Crippen LogP contribution in [-0.2, 0) is 11.0 Å². The number of benzene rings is 3. The fourth-order valence-electron chi connectivity index (χ4n) is 5.22. The number of anilines is 1. The molecule has 0 spiro atoms. The summed E-state index contributed by atoms with van der Waals surface area (Å²) >= 11 is 6.34. The topological polar surface area (TPSA) is 45.6 Å². The molecule has 0 bridgehead atoms. The van der Waals surface area contributed by atoms with Gasteiger partial charge in [-0.05, 0) is 73.0 Å². The molecule has 1 aliphatic heterocycles. The Kier molecular flexibility index (Phi) is 6.22. The third kappa shape index (κ3) is 4.69. The van der Waals surface area contributed by atoms with E-state index in [9.17, 15) is 22.8 Å². The molecule has 1 saturated carbocycles. The minimum atomic E-state index is -4.58. The van der Waals surface area contributed by atoms with Crippen LogP contribution in [0.5, 0.6) is 0 Å². The Morgan fingerprint density at radius 3 is 2.36 bits per heavy atom. The zero-order valence-corrected chi connectivity index (χ0v) is 21.4. The van der Waals surface area contributed by atoms with Crippen LogP contribution >= 0.6 is 11.6 Å². The predicted octanol–water partition coefficient (Wildman–Crippen LogP) is 6.89. The standard InChI is InChI=1S/C30H23ClF3N3O2/c31-22-9-4-6-19(17-22)28-26-12-5-15-35(26)24-10-1-2-11-25(24)37(28)27(38)18-36(23-13-14-23)29(39)20-7-3-8-21(16-20)30(32,33)34/h1-12,15-17,23,28H,13-14,18H2. The number of aromatic nitrogens is 1. The van der Waals surface area contributed by atoms with Crippen molar-refractivity contribution in [1.82, 2.24) is 9.47 Å². The van der Waals surface area contributed by atoms with Crippen molar-refractivity contribution in [3.05, 3.63) is 119 Å². The number of alkyl halides is 3. The van der Waals surface area contributed by atoms with Gasteiger partial charge in [0.2, 0.25) is 5.91 Å². The minimum absolute atomic E-state index is 0.0937. The number of carbonyl (C=O) groups excluding carboxylic acids is 2. The van der Waals surface area contributed by atoms with Crippen molar-refractivity contribution in [3.63, 3.8) is 0 Å². The molecule has 6 rings (SSSR count). The lowest BCUT2D eigenvalue weighted by Gasteiger charge is -2.39. The van der Waals surface area contributed by atoms with E-state index in [0.717, 1.165) is 29.1 Å². The van der Waals surface area contributed by atoms with Crippen LogP contribution in [0.1, 0.15) is 46.1 Å². The van der Waals surface area contributed by atoms with Crippen molar-refractivity contribution < 1.29 is 22.8 Å². The molecular formula is C30H23ClF3N3O2. The summed E-state index contributed by atoms with van der Waals surface area (Å²) in [5, 5.41) is 0.524. The molecule has 3 aromatic carbocycles. The van der Waals surface area contributed by atoms with E-state index in [2.05, 4.69) is 0 Å². The molecule has 9 heteroatoms. The second-order valence-electron chi connectivity index (χ2n) is 9.76. The van der Waals surface area contributed by atoms with Gasteiger partial charge in [-0.2, -0.15) is 13.2 Å². The number of para-hydroxylation sites is 2. The lowest BCUT2D eigenvalue weighted by atomic mass is 9.97.